The number of rotatable bonds is 12. The lowest BCUT2D eigenvalue weighted by Gasteiger charge is -2.23. The third kappa shape index (κ3) is 9.00. The summed E-state index contributed by atoms with van der Waals surface area (Å²) < 4.78 is 0. The van der Waals surface area contributed by atoms with Gasteiger partial charge in [-0.25, -0.2) is 4.79 Å². The molecule has 3 unspecified atom stereocenters. The molecule has 1 aromatic carbocycles. The van der Waals surface area contributed by atoms with Gasteiger partial charge >= 0.3 is 5.97 Å². The minimum atomic E-state index is -1.22. The molecule has 0 radical (unpaired) electrons. The number of hydrogen-bond donors (Lipinski definition) is 7. The standard InChI is InChI=1S/C20H29N5O7/c1-10(2)17(20(31)32)25-19(30)14(7-11-3-5-12(26)6-4-11)24-16(28)9-23-18(29)13(21)8-15(22)27/h3-6,10,13-14,17,26H,7-9,21H2,1-2H3,(H2,22,27)(H,23,29)(H,24,28)(H,25,30)(H,31,32). The van der Waals surface area contributed by atoms with Crippen LogP contribution in [0.2, 0.25) is 0 Å². The summed E-state index contributed by atoms with van der Waals surface area (Å²) in [4.78, 5) is 59.1. The van der Waals surface area contributed by atoms with Gasteiger partial charge in [-0.1, -0.05) is 26.0 Å². The second-order valence-electron chi connectivity index (χ2n) is 7.55. The van der Waals surface area contributed by atoms with Crippen LogP contribution in [-0.2, 0) is 30.4 Å². The maximum Gasteiger partial charge on any atom is 0.326 e. The highest BCUT2D eigenvalue weighted by molar-refractivity contribution is 5.93. The molecular formula is C20H29N5O7. The number of carbonyl (C=O) groups is 5. The predicted molar refractivity (Wildman–Crippen MR) is 113 cm³/mol. The first-order valence-corrected chi connectivity index (χ1v) is 9.82. The lowest BCUT2D eigenvalue weighted by Crippen LogP contribution is -2.55. The minimum Gasteiger partial charge on any atom is -0.508 e. The summed E-state index contributed by atoms with van der Waals surface area (Å²) in [5.74, 6) is -4.64. The quantitative estimate of drug-likeness (QED) is 0.187. The number of amides is 4. The van der Waals surface area contributed by atoms with E-state index in [9.17, 15) is 34.2 Å². The van der Waals surface area contributed by atoms with E-state index in [0.29, 0.717) is 5.56 Å². The largest absolute Gasteiger partial charge is 0.508 e. The van der Waals surface area contributed by atoms with Crippen molar-refractivity contribution in [2.75, 3.05) is 6.54 Å². The molecule has 3 atom stereocenters. The molecule has 4 amide bonds. The van der Waals surface area contributed by atoms with E-state index < -0.39 is 66.6 Å². The fourth-order valence-electron chi connectivity index (χ4n) is 2.70. The Morgan fingerprint density at radius 3 is 2.09 bits per heavy atom. The summed E-state index contributed by atoms with van der Waals surface area (Å²) in [6.45, 7) is 2.71. The summed E-state index contributed by atoms with van der Waals surface area (Å²) in [6.07, 6.45) is -0.400. The van der Waals surface area contributed by atoms with E-state index in [0.717, 1.165) is 0 Å². The first kappa shape index (κ1) is 26.4. The van der Waals surface area contributed by atoms with E-state index in [-0.39, 0.29) is 12.2 Å². The van der Waals surface area contributed by atoms with Gasteiger partial charge in [0.05, 0.1) is 19.0 Å². The van der Waals surface area contributed by atoms with Crippen molar-refractivity contribution < 1.29 is 34.2 Å². The van der Waals surface area contributed by atoms with Crippen molar-refractivity contribution in [3.63, 3.8) is 0 Å². The lowest BCUT2D eigenvalue weighted by molar-refractivity contribution is -0.143. The van der Waals surface area contributed by atoms with Crippen LogP contribution in [0.4, 0.5) is 0 Å². The Morgan fingerprint density at radius 1 is 1.00 bits per heavy atom. The molecule has 0 spiro atoms. The van der Waals surface area contributed by atoms with Crippen LogP contribution in [0, 0.1) is 5.92 Å². The minimum absolute atomic E-state index is 0.00256. The molecule has 0 saturated heterocycles. The summed E-state index contributed by atoms with van der Waals surface area (Å²) in [5.41, 5.74) is 11.1. The first-order valence-electron chi connectivity index (χ1n) is 9.82. The van der Waals surface area contributed by atoms with Gasteiger partial charge in [-0.3, -0.25) is 19.2 Å². The number of carboxylic acid groups (broad SMARTS) is 1. The second-order valence-corrected chi connectivity index (χ2v) is 7.55. The highest BCUT2D eigenvalue weighted by atomic mass is 16.4. The molecule has 0 fully saturated rings. The Morgan fingerprint density at radius 2 is 1.59 bits per heavy atom. The molecule has 9 N–H and O–H groups in total. The highest BCUT2D eigenvalue weighted by Crippen LogP contribution is 2.12. The Labute approximate surface area is 184 Å². The topological polar surface area (TPSA) is 214 Å². The zero-order valence-corrected chi connectivity index (χ0v) is 17.8. The van der Waals surface area contributed by atoms with Crippen molar-refractivity contribution in [3.05, 3.63) is 29.8 Å². The molecule has 0 aliphatic carbocycles. The molecule has 1 rings (SSSR count). The monoisotopic (exact) mass is 451 g/mol. The number of primary amides is 1. The molecule has 12 nitrogen and oxygen atoms in total. The molecule has 0 saturated carbocycles. The van der Waals surface area contributed by atoms with E-state index in [1.165, 1.54) is 12.1 Å². The number of aliphatic carboxylic acids is 1. The summed E-state index contributed by atoms with van der Waals surface area (Å²) in [6, 6.07) is 2.34. The molecule has 0 heterocycles. The van der Waals surface area contributed by atoms with Gasteiger partial charge < -0.3 is 37.6 Å². The van der Waals surface area contributed by atoms with Crippen molar-refractivity contribution in [2.24, 2.45) is 17.4 Å². The third-order valence-corrected chi connectivity index (χ3v) is 4.44. The maximum atomic E-state index is 12.7. The normalized spacial score (nSPS) is 13.5. The number of hydrogen-bond acceptors (Lipinski definition) is 7. The van der Waals surface area contributed by atoms with Crippen LogP contribution >= 0.6 is 0 Å². The lowest BCUT2D eigenvalue weighted by atomic mass is 10.0. The Balaban J connectivity index is 2.87. The van der Waals surface area contributed by atoms with Gasteiger partial charge in [-0.2, -0.15) is 0 Å². The number of phenols is 1. The van der Waals surface area contributed by atoms with Crippen LogP contribution in [0.5, 0.6) is 5.75 Å². The van der Waals surface area contributed by atoms with Crippen LogP contribution in [0.3, 0.4) is 0 Å². The van der Waals surface area contributed by atoms with Crippen molar-refractivity contribution in [1.82, 2.24) is 16.0 Å². The fourth-order valence-corrected chi connectivity index (χ4v) is 2.70. The Kier molecular flexibility index (Phi) is 10.1. The van der Waals surface area contributed by atoms with Crippen LogP contribution in [0.25, 0.3) is 0 Å². The highest BCUT2D eigenvalue weighted by Gasteiger charge is 2.29. The van der Waals surface area contributed by atoms with Crippen molar-refractivity contribution >= 4 is 29.6 Å². The Hall–Kier alpha value is -3.67. The van der Waals surface area contributed by atoms with Gasteiger partial charge in [0.25, 0.3) is 0 Å². The van der Waals surface area contributed by atoms with Crippen molar-refractivity contribution in [2.45, 2.75) is 44.8 Å². The van der Waals surface area contributed by atoms with Crippen molar-refractivity contribution in [3.8, 4) is 5.75 Å². The molecule has 0 aliphatic rings. The van der Waals surface area contributed by atoms with E-state index >= 15 is 0 Å². The van der Waals surface area contributed by atoms with E-state index in [2.05, 4.69) is 16.0 Å². The van der Waals surface area contributed by atoms with Gasteiger partial charge in [0.15, 0.2) is 0 Å². The van der Waals surface area contributed by atoms with E-state index in [4.69, 9.17) is 11.5 Å². The summed E-state index contributed by atoms with van der Waals surface area (Å²) >= 11 is 0. The number of carbonyl (C=O) groups excluding carboxylic acids is 4. The number of carboxylic acids is 1. The average Bonchev–Trinajstić information content (AvgIpc) is 2.70. The maximum absolute atomic E-state index is 12.7. The number of nitrogens with one attached hydrogen (secondary N) is 3. The summed E-state index contributed by atoms with van der Waals surface area (Å²) in [5, 5.41) is 25.8. The number of phenolic OH excluding ortho intramolecular Hbond substituents is 1. The average molecular weight is 451 g/mol. The van der Waals surface area contributed by atoms with Crippen molar-refractivity contribution in [1.29, 1.82) is 0 Å². The molecule has 12 heteroatoms. The molecule has 0 aromatic heterocycles. The van der Waals surface area contributed by atoms with Crippen LogP contribution in [-0.4, -0.2) is 64.5 Å². The SMILES string of the molecule is CC(C)C(NC(=O)C(Cc1ccc(O)cc1)NC(=O)CNC(=O)C(N)CC(N)=O)C(=O)O. The predicted octanol–water partition coefficient (Wildman–Crippen LogP) is -2.04. The fraction of sp³-hybridized carbons (Fsp3) is 0.450. The smallest absolute Gasteiger partial charge is 0.326 e. The van der Waals surface area contributed by atoms with Gasteiger partial charge in [-0.05, 0) is 23.6 Å². The van der Waals surface area contributed by atoms with E-state index in [1.54, 1.807) is 26.0 Å². The number of benzene rings is 1. The molecule has 1 aromatic rings. The molecule has 0 aliphatic heterocycles. The second kappa shape index (κ2) is 12.2. The molecular weight excluding hydrogens is 422 g/mol. The molecule has 0 bridgehead atoms. The van der Waals surface area contributed by atoms with E-state index in [1.807, 2.05) is 0 Å². The zero-order chi connectivity index (χ0) is 24.4. The van der Waals surface area contributed by atoms with Gasteiger partial charge in [-0.15, -0.1) is 0 Å². The molecule has 176 valence electrons. The zero-order valence-electron chi connectivity index (χ0n) is 17.8. The number of aromatic hydroxyl groups is 1. The van der Waals surface area contributed by atoms with Crippen LogP contribution in [0.15, 0.2) is 24.3 Å². The number of nitrogens with two attached hydrogens (primary N) is 2. The van der Waals surface area contributed by atoms with Crippen LogP contribution in [0.1, 0.15) is 25.8 Å². The first-order chi connectivity index (χ1) is 14.9. The van der Waals surface area contributed by atoms with Crippen LogP contribution < -0.4 is 27.4 Å². The summed E-state index contributed by atoms with van der Waals surface area (Å²) in [7, 11) is 0. The van der Waals surface area contributed by atoms with Gasteiger partial charge in [0, 0.05) is 6.42 Å². The Bertz CT molecular complexity index is 841. The third-order valence-electron chi connectivity index (χ3n) is 4.44. The molecule has 32 heavy (non-hydrogen) atoms. The van der Waals surface area contributed by atoms with Gasteiger partial charge in [0.1, 0.15) is 17.8 Å². The van der Waals surface area contributed by atoms with Gasteiger partial charge in [0.2, 0.25) is 23.6 Å².